The highest BCUT2D eigenvalue weighted by molar-refractivity contribution is 7.17. The number of nitrogens with zero attached hydrogens (tertiary/aromatic N) is 1. The van der Waals surface area contributed by atoms with E-state index in [4.69, 9.17) is 16.3 Å². The molecule has 25 heavy (non-hydrogen) atoms. The average molecular weight is 373 g/mol. The van der Waals surface area contributed by atoms with Gasteiger partial charge < -0.3 is 10.1 Å². The maximum absolute atomic E-state index is 12.4. The number of carbonyl (C=O) groups is 1. The molecule has 0 aliphatic heterocycles. The number of methoxy groups -OCH3 is 1. The number of thiazole rings is 1. The quantitative estimate of drug-likeness (QED) is 0.691. The van der Waals surface area contributed by atoms with Crippen LogP contribution in [-0.2, 0) is 17.9 Å². The molecule has 4 nitrogen and oxygen atoms in total. The summed E-state index contributed by atoms with van der Waals surface area (Å²) in [6.07, 6.45) is 1.58. The molecule has 3 aromatic rings. The van der Waals surface area contributed by atoms with E-state index < -0.39 is 0 Å². The van der Waals surface area contributed by atoms with Crippen molar-refractivity contribution in [1.29, 1.82) is 0 Å². The smallest absolute Gasteiger partial charge is 0.263 e. The largest absolute Gasteiger partial charge is 0.380 e. The van der Waals surface area contributed by atoms with E-state index in [2.05, 4.69) is 10.3 Å². The predicted molar refractivity (Wildman–Crippen MR) is 101 cm³/mol. The first kappa shape index (κ1) is 17.6. The second-order valence-corrected chi connectivity index (χ2v) is 6.83. The Morgan fingerprint density at radius 1 is 1.16 bits per heavy atom. The van der Waals surface area contributed by atoms with E-state index in [1.54, 1.807) is 13.3 Å². The van der Waals surface area contributed by atoms with Gasteiger partial charge in [0.1, 0.15) is 9.88 Å². The highest BCUT2D eigenvalue weighted by atomic mass is 35.5. The summed E-state index contributed by atoms with van der Waals surface area (Å²) in [6.45, 7) is 0.959. The van der Waals surface area contributed by atoms with Crippen LogP contribution in [0.2, 0.25) is 5.02 Å². The lowest BCUT2D eigenvalue weighted by molar-refractivity contribution is 0.0954. The van der Waals surface area contributed by atoms with Crippen LogP contribution in [-0.4, -0.2) is 18.0 Å². The number of amides is 1. The number of aromatic nitrogens is 1. The highest BCUT2D eigenvalue weighted by Gasteiger charge is 2.13. The predicted octanol–water partition coefficient (Wildman–Crippen LogP) is 4.54. The number of hydrogen-bond acceptors (Lipinski definition) is 4. The number of halogens is 1. The first-order valence-corrected chi connectivity index (χ1v) is 8.93. The molecule has 1 aromatic heterocycles. The molecule has 0 saturated heterocycles. The Bertz CT molecular complexity index is 879. The fourth-order valence-corrected chi connectivity index (χ4v) is 3.58. The zero-order valence-corrected chi connectivity index (χ0v) is 15.2. The molecule has 0 aliphatic carbocycles. The minimum absolute atomic E-state index is 0.150. The minimum atomic E-state index is -0.150. The molecule has 0 bridgehead atoms. The summed E-state index contributed by atoms with van der Waals surface area (Å²) in [4.78, 5) is 17.3. The zero-order chi connectivity index (χ0) is 17.6. The third-order valence-corrected chi connectivity index (χ3v) is 5.05. The van der Waals surface area contributed by atoms with Gasteiger partial charge in [0.2, 0.25) is 0 Å². The molecule has 0 aliphatic rings. The van der Waals surface area contributed by atoms with Gasteiger partial charge in [-0.1, -0.05) is 54.1 Å². The van der Waals surface area contributed by atoms with Gasteiger partial charge in [-0.2, -0.15) is 0 Å². The fourth-order valence-electron chi connectivity index (χ4n) is 2.43. The van der Waals surface area contributed by atoms with Gasteiger partial charge in [-0.3, -0.25) is 4.79 Å². The Kier molecular flexibility index (Phi) is 5.81. The van der Waals surface area contributed by atoms with Crippen LogP contribution in [0.25, 0.3) is 10.6 Å². The van der Waals surface area contributed by atoms with Crippen LogP contribution in [0.3, 0.4) is 0 Å². The Morgan fingerprint density at radius 3 is 2.64 bits per heavy atom. The van der Waals surface area contributed by atoms with E-state index in [9.17, 15) is 4.79 Å². The standard InChI is InChI=1S/C19H17ClN2O2S/c1-24-12-14-7-3-2-6-13(14)10-21-18(23)17-11-22-19(25-17)15-8-4-5-9-16(15)20/h2-9,11H,10,12H2,1H3,(H,21,23). The Balaban J connectivity index is 1.70. The molecule has 6 heteroatoms. The molecular formula is C19H17ClN2O2S. The van der Waals surface area contributed by atoms with E-state index in [0.717, 1.165) is 21.7 Å². The lowest BCUT2D eigenvalue weighted by Crippen LogP contribution is -2.22. The van der Waals surface area contributed by atoms with Crippen molar-refractivity contribution in [1.82, 2.24) is 10.3 Å². The van der Waals surface area contributed by atoms with Crippen molar-refractivity contribution in [2.24, 2.45) is 0 Å². The molecule has 0 atom stereocenters. The highest BCUT2D eigenvalue weighted by Crippen LogP contribution is 2.30. The van der Waals surface area contributed by atoms with Crippen molar-refractivity contribution >= 4 is 28.8 Å². The van der Waals surface area contributed by atoms with Crippen LogP contribution >= 0.6 is 22.9 Å². The van der Waals surface area contributed by atoms with E-state index in [-0.39, 0.29) is 5.91 Å². The van der Waals surface area contributed by atoms with Gasteiger partial charge in [-0.25, -0.2) is 4.98 Å². The third kappa shape index (κ3) is 4.25. The van der Waals surface area contributed by atoms with Gasteiger partial charge in [0.15, 0.2) is 0 Å². The maximum atomic E-state index is 12.4. The second kappa shape index (κ2) is 8.25. The van der Waals surface area contributed by atoms with Crippen molar-refractivity contribution in [3.63, 3.8) is 0 Å². The Labute approximate surface area is 155 Å². The van der Waals surface area contributed by atoms with E-state index in [0.29, 0.717) is 23.1 Å². The third-order valence-electron chi connectivity index (χ3n) is 3.69. The normalized spacial score (nSPS) is 10.6. The molecule has 0 spiro atoms. The Hall–Kier alpha value is -2.21. The van der Waals surface area contributed by atoms with Crippen molar-refractivity contribution in [3.05, 3.63) is 75.8 Å². The number of rotatable bonds is 6. The molecule has 1 heterocycles. The summed E-state index contributed by atoms with van der Waals surface area (Å²) in [5.41, 5.74) is 2.93. The van der Waals surface area contributed by atoms with Crippen LogP contribution in [0.15, 0.2) is 54.7 Å². The number of benzene rings is 2. The second-order valence-electron chi connectivity index (χ2n) is 5.39. The molecule has 0 radical (unpaired) electrons. The molecule has 0 unspecified atom stereocenters. The molecule has 0 fully saturated rings. The molecule has 1 N–H and O–H groups in total. The van der Waals surface area contributed by atoms with Crippen molar-refractivity contribution in [2.45, 2.75) is 13.2 Å². The van der Waals surface area contributed by atoms with Crippen LogP contribution in [0.4, 0.5) is 0 Å². The van der Waals surface area contributed by atoms with Crippen LogP contribution in [0.1, 0.15) is 20.8 Å². The molecule has 2 aromatic carbocycles. The molecule has 0 saturated carbocycles. The van der Waals surface area contributed by atoms with Crippen molar-refractivity contribution in [2.75, 3.05) is 7.11 Å². The molecule has 128 valence electrons. The van der Waals surface area contributed by atoms with Gasteiger partial charge in [-0.05, 0) is 17.2 Å². The lowest BCUT2D eigenvalue weighted by Gasteiger charge is -2.09. The summed E-state index contributed by atoms with van der Waals surface area (Å²) < 4.78 is 5.19. The summed E-state index contributed by atoms with van der Waals surface area (Å²) in [6, 6.07) is 15.3. The lowest BCUT2D eigenvalue weighted by atomic mass is 10.1. The number of nitrogens with one attached hydrogen (secondary N) is 1. The monoisotopic (exact) mass is 372 g/mol. The van der Waals surface area contributed by atoms with E-state index >= 15 is 0 Å². The van der Waals surface area contributed by atoms with Crippen molar-refractivity contribution < 1.29 is 9.53 Å². The first-order chi connectivity index (χ1) is 12.2. The maximum Gasteiger partial charge on any atom is 0.263 e. The Morgan fingerprint density at radius 2 is 1.88 bits per heavy atom. The number of hydrogen-bond donors (Lipinski definition) is 1. The van der Waals surface area contributed by atoms with Crippen LogP contribution < -0.4 is 5.32 Å². The first-order valence-electron chi connectivity index (χ1n) is 7.73. The van der Waals surface area contributed by atoms with Gasteiger partial charge >= 0.3 is 0 Å². The van der Waals surface area contributed by atoms with Crippen molar-refractivity contribution in [3.8, 4) is 10.6 Å². The summed E-state index contributed by atoms with van der Waals surface area (Å²) >= 11 is 7.52. The molecule has 3 rings (SSSR count). The van der Waals surface area contributed by atoms with Gasteiger partial charge in [-0.15, -0.1) is 11.3 Å². The topological polar surface area (TPSA) is 51.2 Å². The number of ether oxygens (including phenoxy) is 1. The molecular weight excluding hydrogens is 356 g/mol. The summed E-state index contributed by atoms with van der Waals surface area (Å²) in [5, 5.41) is 4.29. The van der Waals surface area contributed by atoms with Gasteiger partial charge in [0.25, 0.3) is 5.91 Å². The molecule has 1 amide bonds. The van der Waals surface area contributed by atoms with E-state index in [1.165, 1.54) is 11.3 Å². The minimum Gasteiger partial charge on any atom is -0.380 e. The fraction of sp³-hybridized carbons (Fsp3) is 0.158. The van der Waals surface area contributed by atoms with Crippen LogP contribution in [0.5, 0.6) is 0 Å². The zero-order valence-electron chi connectivity index (χ0n) is 13.7. The average Bonchev–Trinajstić information content (AvgIpc) is 3.11. The van der Waals surface area contributed by atoms with Gasteiger partial charge in [0.05, 0.1) is 17.8 Å². The van der Waals surface area contributed by atoms with Gasteiger partial charge in [0, 0.05) is 19.2 Å². The summed E-state index contributed by atoms with van der Waals surface area (Å²) in [7, 11) is 1.66. The van der Waals surface area contributed by atoms with E-state index in [1.807, 2.05) is 48.5 Å². The number of carbonyl (C=O) groups excluding carboxylic acids is 1. The summed E-state index contributed by atoms with van der Waals surface area (Å²) in [5.74, 6) is -0.150. The SMILES string of the molecule is COCc1ccccc1CNC(=O)c1cnc(-c2ccccc2Cl)s1. The van der Waals surface area contributed by atoms with Crippen LogP contribution in [0, 0.1) is 0 Å².